The minimum atomic E-state index is 0.253. The summed E-state index contributed by atoms with van der Waals surface area (Å²) in [5, 5.41) is 12.8. The normalized spacial score (nSPS) is 12.9. The van der Waals surface area contributed by atoms with E-state index >= 15 is 0 Å². The summed E-state index contributed by atoms with van der Waals surface area (Å²) in [6.07, 6.45) is 0.861. The van der Waals surface area contributed by atoms with Crippen LogP contribution in [-0.2, 0) is 0 Å². The van der Waals surface area contributed by atoms with E-state index in [-0.39, 0.29) is 5.92 Å². The van der Waals surface area contributed by atoms with Crippen LogP contribution < -0.4 is 5.73 Å². The number of phenolic OH excluding ortho intramolecular Hbond substituents is 1. The van der Waals surface area contributed by atoms with Crippen LogP contribution in [0.2, 0.25) is 5.02 Å². The third kappa shape index (κ3) is 2.54. The Morgan fingerprint density at radius 2 is 2.00 bits per heavy atom. The molecule has 3 N–H and O–H groups in total. The van der Waals surface area contributed by atoms with Gasteiger partial charge in [0.25, 0.3) is 0 Å². The molecule has 0 fully saturated rings. The van der Waals surface area contributed by atoms with E-state index in [1.807, 2.05) is 24.3 Å². The molecule has 3 heteroatoms. The van der Waals surface area contributed by atoms with E-state index in [0.29, 0.717) is 17.3 Å². The van der Waals surface area contributed by atoms with E-state index < -0.39 is 0 Å². The molecule has 1 atom stereocenters. The SMILES string of the molecule is CC(CCN)c1cc2cc(Cl)ccc2cc1O. The summed E-state index contributed by atoms with van der Waals surface area (Å²) in [7, 11) is 0. The molecule has 1 unspecified atom stereocenters. The van der Waals surface area contributed by atoms with E-state index in [1.54, 1.807) is 6.07 Å². The van der Waals surface area contributed by atoms with Crippen LogP contribution in [0.4, 0.5) is 0 Å². The third-order valence-corrected chi connectivity index (χ3v) is 3.31. The number of hydrogen-bond acceptors (Lipinski definition) is 2. The first-order valence-electron chi connectivity index (χ1n) is 5.74. The van der Waals surface area contributed by atoms with Crippen molar-refractivity contribution in [3.63, 3.8) is 0 Å². The molecule has 0 amide bonds. The fourth-order valence-electron chi connectivity index (χ4n) is 2.07. The van der Waals surface area contributed by atoms with E-state index in [9.17, 15) is 5.11 Å². The summed E-state index contributed by atoms with van der Waals surface area (Å²) >= 11 is 5.97. The second kappa shape index (κ2) is 4.94. The Morgan fingerprint density at radius 3 is 2.71 bits per heavy atom. The maximum Gasteiger partial charge on any atom is 0.119 e. The zero-order valence-corrected chi connectivity index (χ0v) is 10.5. The zero-order chi connectivity index (χ0) is 12.4. The molecule has 2 rings (SSSR count). The second-order valence-corrected chi connectivity index (χ2v) is 4.82. The number of hydrogen-bond donors (Lipinski definition) is 2. The van der Waals surface area contributed by atoms with Crippen LogP contribution in [0.3, 0.4) is 0 Å². The Morgan fingerprint density at radius 1 is 1.24 bits per heavy atom. The van der Waals surface area contributed by atoms with E-state index in [4.69, 9.17) is 17.3 Å². The molecule has 90 valence electrons. The van der Waals surface area contributed by atoms with Crippen molar-refractivity contribution in [3.05, 3.63) is 40.9 Å². The number of nitrogens with two attached hydrogens (primary N) is 1. The van der Waals surface area contributed by atoms with Gasteiger partial charge in [-0.25, -0.2) is 0 Å². The quantitative estimate of drug-likeness (QED) is 0.872. The van der Waals surface area contributed by atoms with Crippen molar-refractivity contribution in [3.8, 4) is 5.75 Å². The molecule has 0 aliphatic rings. The standard InChI is InChI=1S/C14H16ClNO/c1-9(4-5-16)13-7-11-6-12(15)3-2-10(11)8-14(13)17/h2-3,6-9,17H,4-5,16H2,1H3. The molecule has 0 aromatic heterocycles. The van der Waals surface area contributed by atoms with Crippen molar-refractivity contribution in [1.29, 1.82) is 0 Å². The summed E-state index contributed by atoms with van der Waals surface area (Å²) in [6, 6.07) is 9.43. The van der Waals surface area contributed by atoms with Crippen LogP contribution in [0.15, 0.2) is 30.3 Å². The van der Waals surface area contributed by atoms with Gasteiger partial charge in [0.15, 0.2) is 0 Å². The Bertz CT molecular complexity index is 539. The molecule has 0 saturated heterocycles. The fraction of sp³-hybridized carbons (Fsp3) is 0.286. The van der Waals surface area contributed by atoms with Crippen molar-refractivity contribution in [2.75, 3.05) is 6.54 Å². The number of fused-ring (bicyclic) bond motifs is 1. The van der Waals surface area contributed by atoms with Gasteiger partial charge in [0.1, 0.15) is 5.75 Å². The van der Waals surface area contributed by atoms with Gasteiger partial charge in [0.2, 0.25) is 0 Å². The van der Waals surface area contributed by atoms with Gasteiger partial charge in [0, 0.05) is 5.02 Å². The molecule has 0 spiro atoms. The van der Waals surface area contributed by atoms with Crippen LogP contribution in [0.1, 0.15) is 24.8 Å². The third-order valence-electron chi connectivity index (χ3n) is 3.08. The summed E-state index contributed by atoms with van der Waals surface area (Å²) < 4.78 is 0. The van der Waals surface area contributed by atoms with Gasteiger partial charge >= 0.3 is 0 Å². The van der Waals surface area contributed by atoms with Crippen molar-refractivity contribution >= 4 is 22.4 Å². The monoisotopic (exact) mass is 249 g/mol. The molecule has 2 aromatic carbocycles. The molecule has 17 heavy (non-hydrogen) atoms. The Kier molecular flexibility index (Phi) is 3.55. The van der Waals surface area contributed by atoms with Crippen molar-refractivity contribution in [2.24, 2.45) is 5.73 Å². The molecule has 0 aliphatic carbocycles. The lowest BCUT2D eigenvalue weighted by Crippen LogP contribution is -2.04. The Balaban J connectivity index is 2.53. The lowest BCUT2D eigenvalue weighted by Gasteiger charge is -2.13. The number of rotatable bonds is 3. The molecule has 0 heterocycles. The lowest BCUT2D eigenvalue weighted by molar-refractivity contribution is 0.462. The predicted molar refractivity (Wildman–Crippen MR) is 72.7 cm³/mol. The molecular formula is C14H16ClNO. The van der Waals surface area contributed by atoms with Crippen LogP contribution >= 0.6 is 11.6 Å². The van der Waals surface area contributed by atoms with E-state index in [0.717, 1.165) is 22.8 Å². The average molecular weight is 250 g/mol. The Labute approximate surface area is 106 Å². The minimum absolute atomic E-state index is 0.253. The van der Waals surface area contributed by atoms with Crippen LogP contribution in [0, 0.1) is 0 Å². The number of benzene rings is 2. The Hall–Kier alpha value is -1.25. The summed E-state index contributed by atoms with van der Waals surface area (Å²) in [5.74, 6) is 0.587. The highest BCUT2D eigenvalue weighted by atomic mass is 35.5. The largest absolute Gasteiger partial charge is 0.508 e. The average Bonchev–Trinajstić information content (AvgIpc) is 2.29. The first kappa shape index (κ1) is 12.2. The van der Waals surface area contributed by atoms with Gasteiger partial charge in [-0.1, -0.05) is 24.6 Å². The molecule has 2 aromatic rings. The van der Waals surface area contributed by atoms with Crippen LogP contribution in [0.5, 0.6) is 5.75 Å². The summed E-state index contributed by atoms with van der Waals surface area (Å²) in [5.41, 5.74) is 6.49. The van der Waals surface area contributed by atoms with Crippen LogP contribution in [-0.4, -0.2) is 11.7 Å². The van der Waals surface area contributed by atoms with Gasteiger partial charge in [-0.15, -0.1) is 0 Å². The van der Waals surface area contributed by atoms with Crippen molar-refractivity contribution in [2.45, 2.75) is 19.3 Å². The van der Waals surface area contributed by atoms with Gasteiger partial charge in [-0.05, 0) is 59.5 Å². The lowest BCUT2D eigenvalue weighted by atomic mass is 9.94. The van der Waals surface area contributed by atoms with Gasteiger partial charge < -0.3 is 10.8 Å². The number of halogens is 1. The van der Waals surface area contributed by atoms with E-state index in [2.05, 4.69) is 6.92 Å². The van der Waals surface area contributed by atoms with Gasteiger partial charge in [-0.3, -0.25) is 0 Å². The van der Waals surface area contributed by atoms with E-state index in [1.165, 1.54) is 0 Å². The smallest absolute Gasteiger partial charge is 0.119 e. The fourth-order valence-corrected chi connectivity index (χ4v) is 2.25. The molecule has 0 aliphatic heterocycles. The highest BCUT2D eigenvalue weighted by molar-refractivity contribution is 6.31. The molecular weight excluding hydrogens is 234 g/mol. The highest BCUT2D eigenvalue weighted by Gasteiger charge is 2.11. The molecule has 0 bridgehead atoms. The molecule has 2 nitrogen and oxygen atoms in total. The van der Waals surface area contributed by atoms with Crippen molar-refractivity contribution in [1.82, 2.24) is 0 Å². The maximum absolute atomic E-state index is 10.0. The van der Waals surface area contributed by atoms with Gasteiger partial charge in [0.05, 0.1) is 0 Å². The first-order valence-corrected chi connectivity index (χ1v) is 6.12. The number of phenols is 1. The summed E-state index contributed by atoms with van der Waals surface area (Å²) in [6.45, 7) is 2.69. The summed E-state index contributed by atoms with van der Waals surface area (Å²) in [4.78, 5) is 0. The second-order valence-electron chi connectivity index (χ2n) is 4.38. The van der Waals surface area contributed by atoms with Crippen LogP contribution in [0.25, 0.3) is 10.8 Å². The molecule has 0 saturated carbocycles. The number of aromatic hydroxyl groups is 1. The van der Waals surface area contributed by atoms with Gasteiger partial charge in [-0.2, -0.15) is 0 Å². The highest BCUT2D eigenvalue weighted by Crippen LogP contribution is 2.32. The minimum Gasteiger partial charge on any atom is -0.508 e. The van der Waals surface area contributed by atoms with Crippen molar-refractivity contribution < 1.29 is 5.11 Å². The topological polar surface area (TPSA) is 46.2 Å². The zero-order valence-electron chi connectivity index (χ0n) is 9.78. The predicted octanol–water partition coefficient (Wildman–Crippen LogP) is 3.65. The first-order chi connectivity index (χ1) is 8.11. The maximum atomic E-state index is 10.0. The molecule has 0 radical (unpaired) electrons.